The SMILES string of the molecule is COCC(C)Cc1nnc2n1CCNC2c1ccncc1. The zero-order valence-electron chi connectivity index (χ0n) is 12.5. The van der Waals surface area contributed by atoms with Gasteiger partial charge in [-0.05, 0) is 23.6 Å². The van der Waals surface area contributed by atoms with Crippen molar-refractivity contribution in [2.45, 2.75) is 25.9 Å². The van der Waals surface area contributed by atoms with Crippen molar-refractivity contribution in [2.24, 2.45) is 5.92 Å². The Hall–Kier alpha value is -1.79. The minimum Gasteiger partial charge on any atom is -0.384 e. The van der Waals surface area contributed by atoms with Gasteiger partial charge in [0, 0.05) is 45.6 Å². The average molecular weight is 287 g/mol. The van der Waals surface area contributed by atoms with Crippen molar-refractivity contribution in [1.82, 2.24) is 25.1 Å². The molecular weight excluding hydrogens is 266 g/mol. The van der Waals surface area contributed by atoms with Gasteiger partial charge in [0.15, 0.2) is 5.82 Å². The Kier molecular flexibility index (Phi) is 4.26. The molecule has 0 aliphatic carbocycles. The first-order chi connectivity index (χ1) is 10.3. The van der Waals surface area contributed by atoms with Crippen LogP contribution in [0, 0.1) is 5.92 Å². The second-order valence-electron chi connectivity index (χ2n) is 5.56. The molecule has 0 amide bonds. The Morgan fingerprint density at radius 3 is 2.95 bits per heavy atom. The summed E-state index contributed by atoms with van der Waals surface area (Å²) in [4.78, 5) is 4.08. The minimum absolute atomic E-state index is 0.0979. The Balaban J connectivity index is 1.85. The number of aromatic nitrogens is 4. The number of methoxy groups -OCH3 is 1. The van der Waals surface area contributed by atoms with E-state index in [0.29, 0.717) is 5.92 Å². The van der Waals surface area contributed by atoms with E-state index in [1.165, 1.54) is 5.56 Å². The van der Waals surface area contributed by atoms with E-state index in [1.54, 1.807) is 7.11 Å². The van der Waals surface area contributed by atoms with Gasteiger partial charge in [-0.1, -0.05) is 6.92 Å². The number of nitrogens with one attached hydrogen (secondary N) is 1. The summed E-state index contributed by atoms with van der Waals surface area (Å²) in [5.74, 6) is 2.49. The van der Waals surface area contributed by atoms with Gasteiger partial charge < -0.3 is 14.6 Å². The fourth-order valence-corrected chi connectivity index (χ4v) is 2.85. The van der Waals surface area contributed by atoms with Gasteiger partial charge in [-0.3, -0.25) is 4.98 Å². The maximum atomic E-state index is 5.21. The van der Waals surface area contributed by atoms with Gasteiger partial charge in [-0.2, -0.15) is 0 Å². The lowest BCUT2D eigenvalue weighted by Crippen LogP contribution is -2.35. The van der Waals surface area contributed by atoms with Gasteiger partial charge >= 0.3 is 0 Å². The van der Waals surface area contributed by atoms with E-state index in [9.17, 15) is 0 Å². The highest BCUT2D eigenvalue weighted by Gasteiger charge is 2.26. The predicted octanol–water partition coefficient (Wildman–Crippen LogP) is 1.19. The summed E-state index contributed by atoms with van der Waals surface area (Å²) in [7, 11) is 1.74. The monoisotopic (exact) mass is 287 g/mol. The predicted molar refractivity (Wildman–Crippen MR) is 78.8 cm³/mol. The standard InChI is InChI=1S/C15H21N5O/c1-11(10-21-2)9-13-18-19-15-14(17-7-8-20(13)15)12-3-5-16-6-4-12/h3-6,11,14,17H,7-10H2,1-2H3. The first-order valence-electron chi connectivity index (χ1n) is 7.33. The molecule has 6 nitrogen and oxygen atoms in total. The maximum absolute atomic E-state index is 5.21. The maximum Gasteiger partial charge on any atom is 0.154 e. The zero-order valence-corrected chi connectivity index (χ0v) is 12.5. The number of nitrogens with zero attached hydrogens (tertiary/aromatic N) is 4. The van der Waals surface area contributed by atoms with E-state index in [1.807, 2.05) is 24.5 Å². The third-order valence-electron chi connectivity index (χ3n) is 3.82. The average Bonchev–Trinajstić information content (AvgIpc) is 2.91. The van der Waals surface area contributed by atoms with Gasteiger partial charge in [-0.25, -0.2) is 0 Å². The van der Waals surface area contributed by atoms with Crippen LogP contribution in [0.2, 0.25) is 0 Å². The first-order valence-corrected chi connectivity index (χ1v) is 7.33. The Morgan fingerprint density at radius 2 is 2.19 bits per heavy atom. The summed E-state index contributed by atoms with van der Waals surface area (Å²) in [5.41, 5.74) is 1.18. The second kappa shape index (κ2) is 6.32. The van der Waals surface area contributed by atoms with Gasteiger partial charge in [0.1, 0.15) is 5.82 Å². The fourth-order valence-electron chi connectivity index (χ4n) is 2.85. The molecule has 2 unspecified atom stereocenters. The van der Waals surface area contributed by atoms with Crippen molar-refractivity contribution in [2.75, 3.05) is 20.3 Å². The normalized spacial score (nSPS) is 19.2. The number of pyridine rings is 1. The van der Waals surface area contributed by atoms with Gasteiger partial charge in [0.05, 0.1) is 6.04 Å². The molecule has 1 aliphatic rings. The topological polar surface area (TPSA) is 64.9 Å². The van der Waals surface area contributed by atoms with Crippen molar-refractivity contribution in [3.05, 3.63) is 41.7 Å². The first kappa shape index (κ1) is 14.2. The summed E-state index contributed by atoms with van der Waals surface area (Å²) in [6, 6.07) is 4.14. The lowest BCUT2D eigenvalue weighted by atomic mass is 10.1. The number of rotatable bonds is 5. The molecule has 0 fully saturated rings. The molecule has 3 rings (SSSR count). The quantitative estimate of drug-likeness (QED) is 0.895. The molecule has 2 aromatic heterocycles. The second-order valence-corrected chi connectivity index (χ2v) is 5.56. The van der Waals surface area contributed by atoms with Gasteiger partial charge in [0.2, 0.25) is 0 Å². The molecule has 21 heavy (non-hydrogen) atoms. The van der Waals surface area contributed by atoms with E-state index < -0.39 is 0 Å². The van der Waals surface area contributed by atoms with Crippen LogP contribution in [0.25, 0.3) is 0 Å². The van der Waals surface area contributed by atoms with Crippen LogP contribution in [-0.2, 0) is 17.7 Å². The van der Waals surface area contributed by atoms with Gasteiger partial charge in [-0.15, -0.1) is 10.2 Å². The third-order valence-corrected chi connectivity index (χ3v) is 3.82. The summed E-state index contributed by atoms with van der Waals surface area (Å²) in [6.45, 7) is 4.75. The third kappa shape index (κ3) is 2.96. The van der Waals surface area contributed by atoms with Crippen LogP contribution in [-0.4, -0.2) is 40.0 Å². The summed E-state index contributed by atoms with van der Waals surface area (Å²) in [6.07, 6.45) is 4.52. The van der Waals surface area contributed by atoms with Crippen LogP contribution in [0.15, 0.2) is 24.5 Å². The zero-order chi connectivity index (χ0) is 14.7. The van der Waals surface area contributed by atoms with Crippen molar-refractivity contribution in [3.63, 3.8) is 0 Å². The van der Waals surface area contributed by atoms with Crippen molar-refractivity contribution in [1.29, 1.82) is 0 Å². The van der Waals surface area contributed by atoms with Gasteiger partial charge in [0.25, 0.3) is 0 Å². The van der Waals surface area contributed by atoms with E-state index in [4.69, 9.17) is 4.74 Å². The highest BCUT2D eigenvalue weighted by molar-refractivity contribution is 5.24. The number of hydrogen-bond donors (Lipinski definition) is 1. The summed E-state index contributed by atoms with van der Waals surface area (Å²) < 4.78 is 7.45. The molecule has 0 saturated carbocycles. The van der Waals surface area contributed by atoms with Crippen molar-refractivity contribution in [3.8, 4) is 0 Å². The minimum atomic E-state index is 0.0979. The van der Waals surface area contributed by atoms with Crippen LogP contribution in [0.1, 0.15) is 30.2 Å². The summed E-state index contributed by atoms with van der Waals surface area (Å²) in [5, 5.41) is 12.3. The van der Waals surface area contributed by atoms with Crippen LogP contribution >= 0.6 is 0 Å². The Morgan fingerprint density at radius 1 is 1.38 bits per heavy atom. The molecule has 6 heteroatoms. The smallest absolute Gasteiger partial charge is 0.154 e. The van der Waals surface area contributed by atoms with E-state index in [2.05, 4.69) is 32.0 Å². The molecule has 2 atom stereocenters. The molecule has 0 saturated heterocycles. The number of ether oxygens (including phenoxy) is 1. The highest BCUT2D eigenvalue weighted by Crippen LogP contribution is 2.24. The lowest BCUT2D eigenvalue weighted by Gasteiger charge is -2.25. The number of fused-ring (bicyclic) bond motifs is 1. The number of hydrogen-bond acceptors (Lipinski definition) is 5. The molecule has 2 aromatic rings. The van der Waals surface area contributed by atoms with Crippen molar-refractivity contribution >= 4 is 0 Å². The largest absolute Gasteiger partial charge is 0.384 e. The Bertz CT molecular complexity index is 583. The lowest BCUT2D eigenvalue weighted by molar-refractivity contribution is 0.158. The van der Waals surface area contributed by atoms with E-state index in [0.717, 1.165) is 37.8 Å². The highest BCUT2D eigenvalue weighted by atomic mass is 16.5. The van der Waals surface area contributed by atoms with Crippen LogP contribution in [0.5, 0.6) is 0 Å². The Labute approximate surface area is 124 Å². The summed E-state index contributed by atoms with van der Waals surface area (Å²) >= 11 is 0. The molecule has 3 heterocycles. The van der Waals surface area contributed by atoms with Crippen LogP contribution in [0.4, 0.5) is 0 Å². The molecular formula is C15H21N5O. The van der Waals surface area contributed by atoms with E-state index >= 15 is 0 Å². The molecule has 112 valence electrons. The molecule has 0 radical (unpaired) electrons. The molecule has 0 spiro atoms. The van der Waals surface area contributed by atoms with Crippen LogP contribution < -0.4 is 5.32 Å². The van der Waals surface area contributed by atoms with E-state index in [-0.39, 0.29) is 6.04 Å². The van der Waals surface area contributed by atoms with Crippen molar-refractivity contribution < 1.29 is 4.74 Å². The molecule has 0 aromatic carbocycles. The van der Waals surface area contributed by atoms with Crippen LogP contribution in [0.3, 0.4) is 0 Å². The molecule has 1 N–H and O–H groups in total. The fraction of sp³-hybridized carbons (Fsp3) is 0.533. The molecule has 1 aliphatic heterocycles. The molecule has 0 bridgehead atoms.